The van der Waals surface area contributed by atoms with Crippen LogP contribution in [0.25, 0.3) is 10.9 Å². The van der Waals surface area contributed by atoms with Crippen molar-refractivity contribution in [2.75, 3.05) is 13.2 Å². The lowest BCUT2D eigenvalue weighted by Gasteiger charge is -2.19. The fourth-order valence-corrected chi connectivity index (χ4v) is 2.94. The second kappa shape index (κ2) is 6.56. The zero-order valence-electron chi connectivity index (χ0n) is 13.8. The van der Waals surface area contributed by atoms with Gasteiger partial charge in [0.1, 0.15) is 11.8 Å². The predicted molar refractivity (Wildman–Crippen MR) is 90.5 cm³/mol. The molecule has 0 aliphatic carbocycles. The Bertz CT molecular complexity index is 887. The second-order valence-corrected chi connectivity index (χ2v) is 5.90. The van der Waals surface area contributed by atoms with E-state index in [9.17, 15) is 4.79 Å². The number of nitrogens with zero attached hydrogens (tertiary/aromatic N) is 3. The number of carbonyl (C=O) groups excluding carboxylic acids is 1. The number of fused-ring (bicyclic) bond motifs is 1. The molecule has 1 amide bonds. The van der Waals surface area contributed by atoms with E-state index in [2.05, 4.69) is 20.4 Å². The Balaban J connectivity index is 1.47. The number of hydrogen-bond acceptors (Lipinski definition) is 5. The first kappa shape index (κ1) is 15.6. The molecule has 0 radical (unpaired) electrons. The summed E-state index contributed by atoms with van der Waals surface area (Å²) in [5, 5.41) is 7.96. The fraction of sp³-hybridized carbons (Fsp3) is 0.353. The minimum Gasteiger partial charge on any atom is -0.482 e. The van der Waals surface area contributed by atoms with Crippen LogP contribution in [-0.2, 0) is 11.3 Å². The molecule has 0 spiro atoms. The van der Waals surface area contributed by atoms with Crippen molar-refractivity contribution in [2.24, 2.45) is 0 Å². The molecule has 3 aromatic rings. The van der Waals surface area contributed by atoms with Gasteiger partial charge in [-0.25, -0.2) is 0 Å². The van der Waals surface area contributed by atoms with E-state index in [1.807, 2.05) is 25.3 Å². The number of aromatic amines is 1. The smallest absolute Gasteiger partial charge is 0.271 e. The van der Waals surface area contributed by atoms with Gasteiger partial charge in [-0.05, 0) is 19.1 Å². The maximum Gasteiger partial charge on any atom is 0.271 e. The number of aromatic nitrogens is 4. The summed E-state index contributed by atoms with van der Waals surface area (Å²) in [6.45, 7) is 3.61. The summed E-state index contributed by atoms with van der Waals surface area (Å²) in [5.74, 6) is 0.431. The van der Waals surface area contributed by atoms with Crippen molar-refractivity contribution in [3.8, 4) is 5.75 Å². The number of carbonyl (C=O) groups is 1. The van der Waals surface area contributed by atoms with E-state index in [0.29, 0.717) is 24.7 Å². The minimum atomic E-state index is -0.260. The number of hydrogen-bond donors (Lipinski definition) is 2. The standard InChI is InChI=1S/C17H19N5O3/c1-2-22-8-11(7-20-22)25-15-10-24-9-14(15)21-17(23)16-12-3-5-18-13(12)4-6-19-16/h3-8,14-15,18H,2,9-10H2,1H3,(H,21,23)/t14-,15+/m0/s1. The Morgan fingerprint density at radius 3 is 3.24 bits per heavy atom. The molecule has 4 heterocycles. The number of nitrogens with one attached hydrogen (secondary N) is 2. The zero-order valence-corrected chi connectivity index (χ0v) is 13.8. The van der Waals surface area contributed by atoms with Crippen molar-refractivity contribution >= 4 is 16.8 Å². The lowest BCUT2D eigenvalue weighted by molar-refractivity contribution is 0.0901. The van der Waals surface area contributed by atoms with Crippen LogP contribution < -0.4 is 10.1 Å². The van der Waals surface area contributed by atoms with Gasteiger partial charge in [0.05, 0.1) is 31.6 Å². The molecule has 0 unspecified atom stereocenters. The molecule has 0 aromatic carbocycles. The third-order valence-electron chi connectivity index (χ3n) is 4.26. The number of aryl methyl sites for hydroxylation is 1. The summed E-state index contributed by atoms with van der Waals surface area (Å²) < 4.78 is 13.2. The lowest BCUT2D eigenvalue weighted by atomic mass is 10.2. The topological polar surface area (TPSA) is 94.1 Å². The molecule has 0 saturated carbocycles. The Kier molecular flexibility index (Phi) is 4.10. The minimum absolute atomic E-state index is 0.237. The summed E-state index contributed by atoms with van der Waals surface area (Å²) in [6, 6.07) is 3.44. The van der Waals surface area contributed by atoms with Crippen LogP contribution in [0.1, 0.15) is 17.4 Å². The highest BCUT2D eigenvalue weighted by Gasteiger charge is 2.32. The quantitative estimate of drug-likeness (QED) is 0.731. The van der Waals surface area contributed by atoms with Crippen LogP contribution in [-0.4, -0.2) is 51.0 Å². The normalized spacial score (nSPS) is 20.0. The molecule has 2 N–H and O–H groups in total. The number of rotatable bonds is 5. The van der Waals surface area contributed by atoms with E-state index in [0.717, 1.165) is 17.4 Å². The molecule has 0 bridgehead atoms. The van der Waals surface area contributed by atoms with Gasteiger partial charge in [0.2, 0.25) is 0 Å². The second-order valence-electron chi connectivity index (χ2n) is 5.90. The molecule has 25 heavy (non-hydrogen) atoms. The molecule has 8 heteroatoms. The Labute approximate surface area is 144 Å². The highest BCUT2D eigenvalue weighted by molar-refractivity contribution is 6.04. The molecule has 1 fully saturated rings. The van der Waals surface area contributed by atoms with Crippen molar-refractivity contribution in [1.82, 2.24) is 25.1 Å². The predicted octanol–water partition coefficient (Wildman–Crippen LogP) is 1.36. The van der Waals surface area contributed by atoms with Crippen LogP contribution in [0.5, 0.6) is 5.75 Å². The number of pyridine rings is 1. The van der Waals surface area contributed by atoms with E-state index in [1.165, 1.54) is 0 Å². The van der Waals surface area contributed by atoms with Crippen LogP contribution in [0.3, 0.4) is 0 Å². The molecule has 130 valence electrons. The van der Waals surface area contributed by atoms with Crippen molar-refractivity contribution in [2.45, 2.75) is 25.6 Å². The highest BCUT2D eigenvalue weighted by Crippen LogP contribution is 2.18. The van der Waals surface area contributed by atoms with Gasteiger partial charge in [0, 0.05) is 29.8 Å². The van der Waals surface area contributed by atoms with Gasteiger partial charge in [-0.3, -0.25) is 14.5 Å². The highest BCUT2D eigenvalue weighted by atomic mass is 16.5. The third-order valence-corrected chi connectivity index (χ3v) is 4.26. The molecule has 2 atom stereocenters. The van der Waals surface area contributed by atoms with Crippen molar-refractivity contribution in [1.29, 1.82) is 0 Å². The van der Waals surface area contributed by atoms with Crippen LogP contribution in [0.15, 0.2) is 36.9 Å². The number of amides is 1. The van der Waals surface area contributed by atoms with Gasteiger partial charge in [0.25, 0.3) is 5.91 Å². The molecule has 3 aromatic heterocycles. The first-order valence-corrected chi connectivity index (χ1v) is 8.24. The van der Waals surface area contributed by atoms with E-state index in [4.69, 9.17) is 9.47 Å². The third kappa shape index (κ3) is 3.08. The Hall–Kier alpha value is -2.87. The summed E-state index contributed by atoms with van der Waals surface area (Å²) in [5.41, 5.74) is 1.27. The van der Waals surface area contributed by atoms with Crippen LogP contribution in [0.2, 0.25) is 0 Å². The van der Waals surface area contributed by atoms with Gasteiger partial charge in [-0.1, -0.05) is 0 Å². The average molecular weight is 341 g/mol. The fourth-order valence-electron chi connectivity index (χ4n) is 2.94. The van der Waals surface area contributed by atoms with Gasteiger partial charge in [-0.2, -0.15) is 5.10 Å². The van der Waals surface area contributed by atoms with E-state index in [1.54, 1.807) is 23.3 Å². The maximum atomic E-state index is 12.6. The van der Waals surface area contributed by atoms with Crippen LogP contribution in [0, 0.1) is 0 Å². The molecular weight excluding hydrogens is 322 g/mol. The molecule has 1 aliphatic heterocycles. The first-order chi connectivity index (χ1) is 12.2. The molecule has 8 nitrogen and oxygen atoms in total. The monoisotopic (exact) mass is 341 g/mol. The average Bonchev–Trinajstić information content (AvgIpc) is 3.35. The summed E-state index contributed by atoms with van der Waals surface area (Å²) in [4.78, 5) is 19.9. The lowest BCUT2D eigenvalue weighted by Crippen LogP contribution is -2.45. The van der Waals surface area contributed by atoms with Crippen molar-refractivity contribution in [3.63, 3.8) is 0 Å². The summed E-state index contributed by atoms with van der Waals surface area (Å²) in [7, 11) is 0. The number of ether oxygens (including phenoxy) is 2. The SMILES string of the molecule is CCn1cc(O[C@@H]2COC[C@@H]2NC(=O)c2nccc3[nH]ccc23)cn1. The maximum absolute atomic E-state index is 12.6. The Morgan fingerprint density at radius 1 is 1.48 bits per heavy atom. The van der Waals surface area contributed by atoms with Crippen LogP contribution >= 0.6 is 0 Å². The molecule has 4 rings (SSSR count). The van der Waals surface area contributed by atoms with Gasteiger partial charge in [0.15, 0.2) is 5.75 Å². The van der Waals surface area contributed by atoms with Crippen molar-refractivity contribution in [3.05, 3.63) is 42.6 Å². The van der Waals surface area contributed by atoms with E-state index in [-0.39, 0.29) is 18.1 Å². The Morgan fingerprint density at radius 2 is 2.40 bits per heavy atom. The largest absolute Gasteiger partial charge is 0.482 e. The van der Waals surface area contributed by atoms with Crippen LogP contribution in [0.4, 0.5) is 0 Å². The first-order valence-electron chi connectivity index (χ1n) is 8.24. The van der Waals surface area contributed by atoms with Crippen molar-refractivity contribution < 1.29 is 14.3 Å². The van der Waals surface area contributed by atoms with E-state index < -0.39 is 0 Å². The van der Waals surface area contributed by atoms with E-state index >= 15 is 0 Å². The zero-order chi connectivity index (χ0) is 17.2. The molecular formula is C17H19N5O3. The van der Waals surface area contributed by atoms with Gasteiger partial charge in [-0.15, -0.1) is 0 Å². The van der Waals surface area contributed by atoms with Gasteiger partial charge >= 0.3 is 0 Å². The summed E-state index contributed by atoms with van der Waals surface area (Å²) >= 11 is 0. The summed E-state index contributed by atoms with van der Waals surface area (Å²) in [6.07, 6.45) is 6.65. The molecule has 1 saturated heterocycles. The molecule has 1 aliphatic rings. The number of H-pyrrole nitrogens is 1. The van der Waals surface area contributed by atoms with Gasteiger partial charge < -0.3 is 19.8 Å².